The summed E-state index contributed by atoms with van der Waals surface area (Å²) in [6, 6.07) is 2.36. The van der Waals surface area contributed by atoms with Crippen LogP contribution in [0.15, 0.2) is 16.6 Å². The fourth-order valence-corrected chi connectivity index (χ4v) is 4.20. The quantitative estimate of drug-likeness (QED) is 0.728. The standard InChI is InChI=1S/C23H31NO3/c1-13-9-7-8-10-20(13)24-21(25)11-14(2)18-12-19-15(3)17(5)27-23(19)16(4)22(18)26-6/h11-13,20H,7-10H2,1-6H3,(H,24,25)/b14-11+. The largest absolute Gasteiger partial charge is 0.496 e. The Morgan fingerprint density at radius 3 is 2.59 bits per heavy atom. The summed E-state index contributed by atoms with van der Waals surface area (Å²) in [6.45, 7) is 10.2. The van der Waals surface area contributed by atoms with Crippen molar-refractivity contribution in [3.05, 3.63) is 34.6 Å². The summed E-state index contributed by atoms with van der Waals surface area (Å²) in [7, 11) is 1.66. The van der Waals surface area contributed by atoms with Crippen molar-refractivity contribution in [1.29, 1.82) is 0 Å². The number of fused-ring (bicyclic) bond motifs is 1. The number of ether oxygens (including phenoxy) is 1. The van der Waals surface area contributed by atoms with Crippen LogP contribution in [-0.2, 0) is 4.79 Å². The number of aryl methyl sites for hydroxylation is 3. The lowest BCUT2D eigenvalue weighted by Crippen LogP contribution is -2.40. The number of allylic oxidation sites excluding steroid dienone is 1. The highest BCUT2D eigenvalue weighted by Crippen LogP contribution is 2.38. The van der Waals surface area contributed by atoms with Crippen molar-refractivity contribution in [3.8, 4) is 5.75 Å². The van der Waals surface area contributed by atoms with Crippen molar-refractivity contribution >= 4 is 22.4 Å². The molecule has 2 aromatic rings. The van der Waals surface area contributed by atoms with Crippen LogP contribution in [0.3, 0.4) is 0 Å². The normalized spacial score (nSPS) is 20.7. The first kappa shape index (κ1) is 19.5. The minimum atomic E-state index is -0.0221. The van der Waals surface area contributed by atoms with E-state index in [4.69, 9.17) is 9.15 Å². The summed E-state index contributed by atoms with van der Waals surface area (Å²) in [6.07, 6.45) is 6.42. The molecule has 1 saturated carbocycles. The van der Waals surface area contributed by atoms with Crippen LogP contribution in [0.2, 0.25) is 0 Å². The zero-order valence-corrected chi connectivity index (χ0v) is 17.4. The molecular formula is C23H31NO3. The summed E-state index contributed by atoms with van der Waals surface area (Å²) in [5, 5.41) is 4.28. The summed E-state index contributed by atoms with van der Waals surface area (Å²) in [5.74, 6) is 2.20. The first-order chi connectivity index (χ1) is 12.8. The maximum atomic E-state index is 12.6. The summed E-state index contributed by atoms with van der Waals surface area (Å²) >= 11 is 0. The Morgan fingerprint density at radius 2 is 1.93 bits per heavy atom. The van der Waals surface area contributed by atoms with Crippen LogP contribution in [0.25, 0.3) is 16.5 Å². The van der Waals surface area contributed by atoms with Gasteiger partial charge in [-0.05, 0) is 63.7 Å². The molecule has 1 aliphatic rings. The van der Waals surface area contributed by atoms with E-state index in [1.165, 1.54) is 19.3 Å². The molecule has 4 heteroatoms. The Balaban J connectivity index is 1.94. The van der Waals surface area contributed by atoms with Crippen LogP contribution in [0, 0.1) is 26.7 Å². The highest BCUT2D eigenvalue weighted by Gasteiger charge is 2.23. The molecule has 1 aromatic heterocycles. The lowest BCUT2D eigenvalue weighted by Gasteiger charge is -2.29. The Kier molecular flexibility index (Phi) is 5.64. The first-order valence-corrected chi connectivity index (χ1v) is 9.90. The van der Waals surface area contributed by atoms with Crippen molar-refractivity contribution < 1.29 is 13.9 Å². The van der Waals surface area contributed by atoms with Crippen LogP contribution in [-0.4, -0.2) is 19.1 Å². The van der Waals surface area contributed by atoms with E-state index in [1.54, 1.807) is 13.2 Å². The third kappa shape index (κ3) is 3.76. The van der Waals surface area contributed by atoms with Crippen LogP contribution in [0.1, 0.15) is 62.0 Å². The Hall–Kier alpha value is -2.23. The van der Waals surface area contributed by atoms with Gasteiger partial charge in [-0.15, -0.1) is 0 Å². The Labute approximate surface area is 162 Å². The molecule has 1 heterocycles. The molecule has 0 aliphatic heterocycles. The SMILES string of the molecule is COc1c(/C(C)=C/C(=O)NC2CCCCC2C)cc2c(C)c(C)oc2c1C. The van der Waals surface area contributed by atoms with Gasteiger partial charge in [-0.2, -0.15) is 0 Å². The third-order valence-corrected chi connectivity index (χ3v) is 6.06. The van der Waals surface area contributed by atoms with Crippen LogP contribution in [0.4, 0.5) is 0 Å². The molecule has 2 atom stereocenters. The van der Waals surface area contributed by atoms with Gasteiger partial charge >= 0.3 is 0 Å². The molecule has 1 amide bonds. The second-order valence-electron chi connectivity index (χ2n) is 7.95. The predicted octanol–water partition coefficient (Wildman–Crippen LogP) is 5.46. The van der Waals surface area contributed by atoms with Crippen LogP contribution in [0.5, 0.6) is 5.75 Å². The van der Waals surface area contributed by atoms with E-state index in [1.807, 2.05) is 20.8 Å². The van der Waals surface area contributed by atoms with Gasteiger partial charge in [0.25, 0.3) is 0 Å². The van der Waals surface area contributed by atoms with Gasteiger partial charge in [-0.3, -0.25) is 4.79 Å². The fourth-order valence-electron chi connectivity index (χ4n) is 4.20. The summed E-state index contributed by atoms with van der Waals surface area (Å²) in [5.41, 5.74) is 4.80. The van der Waals surface area contributed by atoms with Crippen molar-refractivity contribution in [2.75, 3.05) is 7.11 Å². The average Bonchev–Trinajstić information content (AvgIpc) is 2.92. The van der Waals surface area contributed by atoms with Gasteiger partial charge in [0.15, 0.2) is 0 Å². The van der Waals surface area contributed by atoms with Gasteiger partial charge in [0.1, 0.15) is 17.1 Å². The average molecular weight is 370 g/mol. The Morgan fingerprint density at radius 1 is 1.22 bits per heavy atom. The number of amides is 1. The number of hydrogen-bond donors (Lipinski definition) is 1. The van der Waals surface area contributed by atoms with E-state index in [0.717, 1.165) is 51.2 Å². The maximum Gasteiger partial charge on any atom is 0.244 e. The Bertz CT molecular complexity index is 891. The van der Waals surface area contributed by atoms with Gasteiger partial charge in [-0.1, -0.05) is 19.8 Å². The maximum absolute atomic E-state index is 12.6. The van der Waals surface area contributed by atoms with Crippen LogP contribution >= 0.6 is 0 Å². The second kappa shape index (κ2) is 7.79. The van der Waals surface area contributed by atoms with Gasteiger partial charge < -0.3 is 14.5 Å². The molecule has 0 radical (unpaired) electrons. The number of hydrogen-bond acceptors (Lipinski definition) is 3. The molecule has 146 valence electrons. The molecule has 2 unspecified atom stereocenters. The molecule has 0 bridgehead atoms. The highest BCUT2D eigenvalue weighted by molar-refractivity contribution is 5.98. The second-order valence-corrected chi connectivity index (χ2v) is 7.95. The zero-order chi connectivity index (χ0) is 19.7. The predicted molar refractivity (Wildman–Crippen MR) is 110 cm³/mol. The van der Waals surface area contributed by atoms with E-state index < -0.39 is 0 Å². The molecule has 0 spiro atoms. The molecular weight excluding hydrogens is 338 g/mol. The molecule has 1 fully saturated rings. The molecule has 27 heavy (non-hydrogen) atoms. The van der Waals surface area contributed by atoms with E-state index in [2.05, 4.69) is 25.2 Å². The molecule has 4 nitrogen and oxygen atoms in total. The highest BCUT2D eigenvalue weighted by atomic mass is 16.5. The van der Waals surface area contributed by atoms with Gasteiger partial charge in [0.2, 0.25) is 5.91 Å². The fraction of sp³-hybridized carbons (Fsp3) is 0.522. The van der Waals surface area contributed by atoms with E-state index in [9.17, 15) is 4.79 Å². The van der Waals surface area contributed by atoms with E-state index >= 15 is 0 Å². The number of benzene rings is 1. The number of carbonyl (C=O) groups excluding carboxylic acids is 1. The van der Waals surface area contributed by atoms with Crippen LogP contribution < -0.4 is 10.1 Å². The number of carbonyl (C=O) groups is 1. The van der Waals surface area contributed by atoms with Crippen molar-refractivity contribution in [1.82, 2.24) is 5.32 Å². The number of methoxy groups -OCH3 is 1. The molecule has 0 saturated heterocycles. The number of furan rings is 1. The van der Waals surface area contributed by atoms with Gasteiger partial charge in [-0.25, -0.2) is 0 Å². The minimum Gasteiger partial charge on any atom is -0.496 e. The van der Waals surface area contributed by atoms with E-state index in [0.29, 0.717) is 5.92 Å². The topological polar surface area (TPSA) is 51.5 Å². The lowest BCUT2D eigenvalue weighted by atomic mass is 9.86. The molecule has 1 aliphatic carbocycles. The van der Waals surface area contributed by atoms with Crippen molar-refractivity contribution in [3.63, 3.8) is 0 Å². The number of nitrogens with one attached hydrogen (secondary N) is 1. The van der Waals surface area contributed by atoms with E-state index in [-0.39, 0.29) is 11.9 Å². The first-order valence-electron chi connectivity index (χ1n) is 9.90. The summed E-state index contributed by atoms with van der Waals surface area (Å²) in [4.78, 5) is 12.6. The molecule has 1 aromatic carbocycles. The third-order valence-electron chi connectivity index (χ3n) is 6.06. The monoisotopic (exact) mass is 369 g/mol. The minimum absolute atomic E-state index is 0.0221. The molecule has 1 N–H and O–H groups in total. The zero-order valence-electron chi connectivity index (χ0n) is 17.4. The smallest absolute Gasteiger partial charge is 0.244 e. The van der Waals surface area contributed by atoms with Crippen molar-refractivity contribution in [2.24, 2.45) is 5.92 Å². The van der Waals surface area contributed by atoms with Gasteiger partial charge in [0, 0.05) is 28.6 Å². The summed E-state index contributed by atoms with van der Waals surface area (Å²) < 4.78 is 11.6. The van der Waals surface area contributed by atoms with Gasteiger partial charge in [0.05, 0.1) is 7.11 Å². The number of rotatable bonds is 4. The van der Waals surface area contributed by atoms with Crippen molar-refractivity contribution in [2.45, 2.75) is 66.3 Å². The lowest BCUT2D eigenvalue weighted by molar-refractivity contribution is -0.117. The molecule has 3 rings (SSSR count).